The molecule has 1 aromatic carbocycles. The summed E-state index contributed by atoms with van der Waals surface area (Å²) in [5.74, 6) is 0. The summed E-state index contributed by atoms with van der Waals surface area (Å²) in [5, 5.41) is 4.76. The largest absolute Gasteiger partial charge is 0.330 e. The van der Waals surface area contributed by atoms with Gasteiger partial charge in [-0.25, -0.2) is 0 Å². The molecule has 0 aliphatic heterocycles. The number of nitrogens with zero attached hydrogens (tertiary/aromatic N) is 2. The Labute approximate surface area is 124 Å². The van der Waals surface area contributed by atoms with Crippen molar-refractivity contribution in [3.63, 3.8) is 0 Å². The number of para-hydroxylation sites is 1. The minimum atomic E-state index is -0.214. The van der Waals surface area contributed by atoms with Crippen molar-refractivity contribution in [2.75, 3.05) is 0 Å². The van der Waals surface area contributed by atoms with Crippen molar-refractivity contribution < 1.29 is 0 Å². The molecule has 1 N–H and O–H groups in total. The van der Waals surface area contributed by atoms with E-state index in [1.54, 1.807) is 23.6 Å². The molecule has 3 rings (SSSR count). The molecular formula is C14H11N3OS2. The Bertz CT molecular complexity index is 918. The maximum Gasteiger partial charge on any atom is 0.282 e. The number of benzene rings is 1. The zero-order valence-electron chi connectivity index (χ0n) is 10.7. The summed E-state index contributed by atoms with van der Waals surface area (Å²) < 4.78 is 1.51. The van der Waals surface area contributed by atoms with Crippen LogP contribution in [-0.2, 0) is 0 Å². The highest BCUT2D eigenvalue weighted by Gasteiger charge is 2.03. The highest BCUT2D eigenvalue weighted by Crippen LogP contribution is 2.12. The summed E-state index contributed by atoms with van der Waals surface area (Å²) in [6, 6.07) is 11.2. The lowest BCUT2D eigenvalue weighted by Crippen LogP contribution is -2.18. The molecule has 0 unspecified atom stereocenters. The van der Waals surface area contributed by atoms with Crippen LogP contribution in [-0.4, -0.2) is 15.9 Å². The fourth-order valence-corrected chi connectivity index (χ4v) is 2.88. The summed E-state index contributed by atoms with van der Waals surface area (Å²) >= 11 is 6.80. The molecule has 0 spiro atoms. The number of aromatic nitrogens is 2. The van der Waals surface area contributed by atoms with E-state index in [0.29, 0.717) is 10.2 Å². The van der Waals surface area contributed by atoms with Crippen molar-refractivity contribution >= 4 is 40.7 Å². The second kappa shape index (κ2) is 5.15. The third-order valence-electron chi connectivity index (χ3n) is 2.85. The number of rotatable bonds is 2. The molecule has 0 saturated heterocycles. The standard InChI is InChI=1S/C14H11N3OS2/c1-9-6-7-10(20-9)8-15-17-13(18)11-4-2-3-5-12(11)16-14(17)19/h2-8H,1H3,(H,16,19)/b15-8-. The predicted octanol–water partition coefficient (Wildman–Crippen LogP) is 3.31. The van der Waals surface area contributed by atoms with E-state index in [0.717, 1.165) is 10.4 Å². The molecule has 0 aliphatic carbocycles. The van der Waals surface area contributed by atoms with Gasteiger partial charge in [-0.15, -0.1) is 11.3 Å². The number of thiophene rings is 1. The molecule has 0 atom stereocenters. The number of nitrogens with one attached hydrogen (secondary N) is 1. The molecule has 0 saturated carbocycles. The van der Waals surface area contributed by atoms with Crippen LogP contribution in [0.15, 0.2) is 46.3 Å². The molecule has 2 aromatic heterocycles. The van der Waals surface area contributed by atoms with Crippen molar-refractivity contribution in [2.24, 2.45) is 5.10 Å². The molecular weight excluding hydrogens is 290 g/mol. The molecule has 6 heteroatoms. The monoisotopic (exact) mass is 301 g/mol. The van der Waals surface area contributed by atoms with E-state index < -0.39 is 0 Å². The maximum atomic E-state index is 12.3. The molecule has 3 aromatic rings. The van der Waals surface area contributed by atoms with Crippen molar-refractivity contribution in [1.82, 2.24) is 9.66 Å². The molecule has 20 heavy (non-hydrogen) atoms. The Kier molecular flexibility index (Phi) is 3.33. The smallest absolute Gasteiger partial charge is 0.282 e. The Morgan fingerprint density at radius 2 is 2.10 bits per heavy atom. The fraction of sp³-hybridized carbons (Fsp3) is 0.0714. The normalized spacial score (nSPS) is 11.4. The van der Waals surface area contributed by atoms with Gasteiger partial charge in [-0.05, 0) is 43.4 Å². The Morgan fingerprint density at radius 1 is 1.30 bits per heavy atom. The zero-order valence-corrected chi connectivity index (χ0v) is 12.3. The van der Waals surface area contributed by atoms with E-state index in [-0.39, 0.29) is 5.56 Å². The molecule has 2 heterocycles. The number of aryl methyl sites for hydroxylation is 1. The van der Waals surface area contributed by atoms with Crippen LogP contribution in [0.3, 0.4) is 0 Å². The zero-order chi connectivity index (χ0) is 14.1. The highest BCUT2D eigenvalue weighted by atomic mass is 32.1. The van der Waals surface area contributed by atoms with E-state index in [9.17, 15) is 4.79 Å². The average molecular weight is 301 g/mol. The molecule has 0 bridgehead atoms. The van der Waals surface area contributed by atoms with Gasteiger partial charge >= 0.3 is 0 Å². The summed E-state index contributed by atoms with van der Waals surface area (Å²) in [4.78, 5) is 17.5. The fourth-order valence-electron chi connectivity index (χ4n) is 1.90. The van der Waals surface area contributed by atoms with Gasteiger partial charge in [0.15, 0.2) is 0 Å². The molecule has 4 nitrogen and oxygen atoms in total. The van der Waals surface area contributed by atoms with Gasteiger partial charge in [-0.2, -0.15) is 9.78 Å². The maximum absolute atomic E-state index is 12.3. The van der Waals surface area contributed by atoms with Gasteiger partial charge in [0.1, 0.15) is 0 Å². The van der Waals surface area contributed by atoms with Crippen LogP contribution in [0.1, 0.15) is 9.75 Å². The molecule has 0 amide bonds. The van der Waals surface area contributed by atoms with Crippen molar-refractivity contribution in [1.29, 1.82) is 0 Å². The predicted molar refractivity (Wildman–Crippen MR) is 85.4 cm³/mol. The van der Waals surface area contributed by atoms with Crippen LogP contribution < -0.4 is 5.56 Å². The first-order chi connectivity index (χ1) is 9.65. The quantitative estimate of drug-likeness (QED) is 0.583. The van der Waals surface area contributed by atoms with E-state index in [1.807, 2.05) is 37.3 Å². The first-order valence-corrected chi connectivity index (χ1v) is 7.22. The minimum absolute atomic E-state index is 0.214. The van der Waals surface area contributed by atoms with E-state index in [1.165, 1.54) is 9.55 Å². The van der Waals surface area contributed by atoms with Crippen LogP contribution in [0.25, 0.3) is 10.9 Å². The van der Waals surface area contributed by atoms with Crippen LogP contribution in [0, 0.1) is 11.7 Å². The van der Waals surface area contributed by atoms with Gasteiger partial charge < -0.3 is 4.98 Å². The number of H-pyrrole nitrogens is 1. The van der Waals surface area contributed by atoms with Gasteiger partial charge in [0.2, 0.25) is 4.77 Å². The molecule has 100 valence electrons. The number of fused-ring (bicyclic) bond motifs is 1. The first kappa shape index (κ1) is 13.0. The number of aromatic amines is 1. The Morgan fingerprint density at radius 3 is 2.85 bits per heavy atom. The van der Waals surface area contributed by atoms with Crippen molar-refractivity contribution in [2.45, 2.75) is 6.92 Å². The van der Waals surface area contributed by atoms with E-state index in [2.05, 4.69) is 10.1 Å². The number of hydrogen-bond donors (Lipinski definition) is 1. The highest BCUT2D eigenvalue weighted by molar-refractivity contribution is 7.71. The summed E-state index contributed by atoms with van der Waals surface area (Å²) in [5.41, 5.74) is 0.509. The lowest BCUT2D eigenvalue weighted by Gasteiger charge is -2.01. The summed E-state index contributed by atoms with van der Waals surface area (Å²) in [6.45, 7) is 2.02. The summed E-state index contributed by atoms with van der Waals surface area (Å²) in [7, 11) is 0. The minimum Gasteiger partial charge on any atom is -0.330 e. The van der Waals surface area contributed by atoms with Crippen LogP contribution in [0.4, 0.5) is 0 Å². The van der Waals surface area contributed by atoms with Crippen LogP contribution in [0.5, 0.6) is 0 Å². The van der Waals surface area contributed by atoms with Gasteiger partial charge in [0, 0.05) is 9.75 Å². The van der Waals surface area contributed by atoms with Gasteiger partial charge in [-0.1, -0.05) is 12.1 Å². The third-order valence-corrected chi connectivity index (χ3v) is 4.06. The van der Waals surface area contributed by atoms with Crippen LogP contribution >= 0.6 is 23.6 Å². The second-order valence-electron chi connectivity index (χ2n) is 4.29. The van der Waals surface area contributed by atoms with Gasteiger partial charge in [0.05, 0.1) is 17.1 Å². The van der Waals surface area contributed by atoms with Crippen molar-refractivity contribution in [3.05, 3.63) is 61.3 Å². The lowest BCUT2D eigenvalue weighted by atomic mass is 10.2. The third kappa shape index (κ3) is 2.35. The van der Waals surface area contributed by atoms with Crippen molar-refractivity contribution in [3.8, 4) is 0 Å². The SMILES string of the molecule is Cc1ccc(/C=N\n2c(=S)[nH]c3ccccc3c2=O)s1. The summed E-state index contributed by atoms with van der Waals surface area (Å²) in [6.07, 6.45) is 1.65. The van der Waals surface area contributed by atoms with Crippen LogP contribution in [0.2, 0.25) is 0 Å². The topological polar surface area (TPSA) is 50.1 Å². The second-order valence-corrected chi connectivity index (χ2v) is 5.99. The Balaban J connectivity index is 2.14. The lowest BCUT2D eigenvalue weighted by molar-refractivity contribution is 0.800. The molecule has 0 radical (unpaired) electrons. The first-order valence-electron chi connectivity index (χ1n) is 6.00. The van der Waals surface area contributed by atoms with Gasteiger partial charge in [-0.3, -0.25) is 4.79 Å². The van der Waals surface area contributed by atoms with E-state index >= 15 is 0 Å². The average Bonchev–Trinajstić information content (AvgIpc) is 2.84. The number of hydrogen-bond acceptors (Lipinski definition) is 4. The van der Waals surface area contributed by atoms with E-state index in [4.69, 9.17) is 12.2 Å². The Hall–Kier alpha value is -2.05. The molecule has 0 aliphatic rings. The molecule has 0 fully saturated rings. The van der Waals surface area contributed by atoms with Gasteiger partial charge in [0.25, 0.3) is 5.56 Å².